The third-order valence-electron chi connectivity index (χ3n) is 3.82. The maximum Gasteiger partial charge on any atom is 0.270 e. The summed E-state index contributed by atoms with van der Waals surface area (Å²) < 4.78 is 1.10. The number of fused-ring (bicyclic) bond motifs is 1. The van der Waals surface area contributed by atoms with Crippen molar-refractivity contribution in [2.75, 3.05) is 0 Å². The SMILES string of the molecule is O=[N+]([O-])c1ccc(-c2nc3ccccc3s2)c(-c2ccccc2)c1. The Bertz CT molecular complexity index is 1010. The van der Waals surface area contributed by atoms with Gasteiger partial charge in [0.15, 0.2) is 0 Å². The van der Waals surface area contributed by atoms with Crippen LogP contribution in [0.4, 0.5) is 5.69 Å². The van der Waals surface area contributed by atoms with Gasteiger partial charge < -0.3 is 0 Å². The molecule has 5 heteroatoms. The molecule has 0 spiro atoms. The number of para-hydroxylation sites is 1. The number of nitro benzene ring substituents is 1. The maximum atomic E-state index is 11.2. The molecule has 4 nitrogen and oxygen atoms in total. The zero-order valence-corrected chi connectivity index (χ0v) is 13.4. The van der Waals surface area contributed by atoms with Crippen molar-refractivity contribution in [3.8, 4) is 21.7 Å². The third kappa shape index (κ3) is 2.55. The van der Waals surface area contributed by atoms with E-state index in [1.807, 2.05) is 54.6 Å². The van der Waals surface area contributed by atoms with E-state index < -0.39 is 0 Å². The minimum absolute atomic E-state index is 0.0821. The van der Waals surface area contributed by atoms with Crippen molar-refractivity contribution in [1.82, 2.24) is 4.98 Å². The van der Waals surface area contributed by atoms with Crippen LogP contribution >= 0.6 is 11.3 Å². The van der Waals surface area contributed by atoms with Gasteiger partial charge in [-0.25, -0.2) is 4.98 Å². The first-order chi connectivity index (χ1) is 11.7. The number of nitrogens with zero attached hydrogens (tertiary/aromatic N) is 2. The second-order valence-electron chi connectivity index (χ2n) is 5.34. The summed E-state index contributed by atoms with van der Waals surface area (Å²) in [5, 5.41) is 12.0. The molecule has 0 amide bonds. The number of non-ortho nitro benzene ring substituents is 1. The van der Waals surface area contributed by atoms with Gasteiger partial charge in [0.25, 0.3) is 5.69 Å². The van der Waals surface area contributed by atoms with Crippen LogP contribution in [0.5, 0.6) is 0 Å². The average molecular weight is 332 g/mol. The van der Waals surface area contributed by atoms with Gasteiger partial charge in [-0.05, 0) is 29.3 Å². The minimum atomic E-state index is -0.366. The molecular weight excluding hydrogens is 320 g/mol. The van der Waals surface area contributed by atoms with Gasteiger partial charge in [0.05, 0.1) is 15.1 Å². The summed E-state index contributed by atoms with van der Waals surface area (Å²) in [6.07, 6.45) is 0. The van der Waals surface area contributed by atoms with Gasteiger partial charge in [-0.15, -0.1) is 11.3 Å². The van der Waals surface area contributed by atoms with E-state index in [2.05, 4.69) is 0 Å². The summed E-state index contributed by atoms with van der Waals surface area (Å²) in [4.78, 5) is 15.5. The number of rotatable bonds is 3. The van der Waals surface area contributed by atoms with E-state index in [4.69, 9.17) is 4.98 Å². The second kappa shape index (κ2) is 5.86. The highest BCUT2D eigenvalue weighted by molar-refractivity contribution is 7.21. The van der Waals surface area contributed by atoms with Gasteiger partial charge in [-0.1, -0.05) is 42.5 Å². The lowest BCUT2D eigenvalue weighted by atomic mass is 9.99. The smallest absolute Gasteiger partial charge is 0.258 e. The summed E-state index contributed by atoms with van der Waals surface area (Å²) in [6.45, 7) is 0. The molecule has 4 aromatic rings. The molecule has 0 saturated carbocycles. The Morgan fingerprint density at radius 2 is 1.62 bits per heavy atom. The van der Waals surface area contributed by atoms with Gasteiger partial charge in [0.1, 0.15) is 5.01 Å². The Morgan fingerprint density at radius 1 is 0.875 bits per heavy atom. The van der Waals surface area contributed by atoms with Crippen molar-refractivity contribution in [3.05, 3.63) is 82.9 Å². The van der Waals surface area contributed by atoms with E-state index in [0.717, 1.165) is 31.9 Å². The quantitative estimate of drug-likeness (QED) is 0.366. The van der Waals surface area contributed by atoms with Crippen LogP contribution in [0.15, 0.2) is 72.8 Å². The molecule has 1 heterocycles. The summed E-state index contributed by atoms with van der Waals surface area (Å²) in [7, 11) is 0. The number of thiazole rings is 1. The Kier molecular flexibility index (Phi) is 3.55. The Balaban J connectivity index is 1.95. The first-order valence-corrected chi connectivity index (χ1v) is 8.24. The van der Waals surface area contributed by atoms with E-state index in [0.29, 0.717) is 0 Å². The molecule has 24 heavy (non-hydrogen) atoms. The standard InChI is InChI=1S/C19H12N2O2S/c22-21(23)14-10-11-15(16(12-14)13-6-2-1-3-7-13)19-20-17-8-4-5-9-18(17)24-19/h1-12H. The van der Waals surface area contributed by atoms with Crippen LogP contribution in [0.25, 0.3) is 31.9 Å². The first-order valence-electron chi connectivity index (χ1n) is 7.42. The maximum absolute atomic E-state index is 11.2. The second-order valence-corrected chi connectivity index (χ2v) is 6.37. The number of aromatic nitrogens is 1. The highest BCUT2D eigenvalue weighted by Gasteiger charge is 2.16. The minimum Gasteiger partial charge on any atom is -0.258 e. The Labute approximate surface area is 142 Å². The van der Waals surface area contributed by atoms with Gasteiger partial charge in [-0.3, -0.25) is 10.1 Å². The lowest BCUT2D eigenvalue weighted by molar-refractivity contribution is -0.384. The zero-order valence-electron chi connectivity index (χ0n) is 12.5. The van der Waals surface area contributed by atoms with Crippen LogP contribution in [0.3, 0.4) is 0 Å². The number of benzene rings is 3. The highest BCUT2D eigenvalue weighted by Crippen LogP contribution is 2.38. The van der Waals surface area contributed by atoms with E-state index >= 15 is 0 Å². The number of hydrogen-bond acceptors (Lipinski definition) is 4. The molecule has 0 radical (unpaired) electrons. The summed E-state index contributed by atoms with van der Waals surface area (Å²) >= 11 is 1.59. The van der Waals surface area contributed by atoms with Crippen LogP contribution in [0.2, 0.25) is 0 Å². The van der Waals surface area contributed by atoms with Crippen molar-refractivity contribution in [2.45, 2.75) is 0 Å². The predicted molar refractivity (Wildman–Crippen MR) is 97.1 cm³/mol. The molecule has 4 rings (SSSR count). The number of nitro groups is 1. The molecule has 116 valence electrons. The molecule has 0 saturated heterocycles. The molecule has 0 atom stereocenters. The molecular formula is C19H12N2O2S. The summed E-state index contributed by atoms with van der Waals surface area (Å²) in [5.74, 6) is 0. The van der Waals surface area contributed by atoms with Gasteiger partial charge >= 0.3 is 0 Å². The van der Waals surface area contributed by atoms with Crippen LogP contribution in [-0.4, -0.2) is 9.91 Å². The van der Waals surface area contributed by atoms with Crippen molar-refractivity contribution in [3.63, 3.8) is 0 Å². The van der Waals surface area contributed by atoms with Gasteiger partial charge in [-0.2, -0.15) is 0 Å². The zero-order chi connectivity index (χ0) is 16.5. The van der Waals surface area contributed by atoms with Gasteiger partial charge in [0.2, 0.25) is 0 Å². The molecule has 3 aromatic carbocycles. The summed E-state index contributed by atoms with van der Waals surface area (Å²) in [6, 6.07) is 22.6. The lowest BCUT2D eigenvalue weighted by Crippen LogP contribution is -1.91. The molecule has 0 N–H and O–H groups in total. The van der Waals surface area contributed by atoms with Crippen molar-refractivity contribution in [2.24, 2.45) is 0 Å². The normalized spacial score (nSPS) is 10.8. The largest absolute Gasteiger partial charge is 0.270 e. The third-order valence-corrected chi connectivity index (χ3v) is 4.89. The lowest BCUT2D eigenvalue weighted by Gasteiger charge is -2.07. The van der Waals surface area contributed by atoms with Gasteiger partial charge in [0, 0.05) is 17.7 Å². The van der Waals surface area contributed by atoms with E-state index in [1.54, 1.807) is 23.5 Å². The van der Waals surface area contributed by atoms with E-state index in [1.165, 1.54) is 6.07 Å². The van der Waals surface area contributed by atoms with E-state index in [9.17, 15) is 10.1 Å². The van der Waals surface area contributed by atoms with Crippen LogP contribution < -0.4 is 0 Å². The molecule has 0 bridgehead atoms. The van der Waals surface area contributed by atoms with Crippen molar-refractivity contribution < 1.29 is 4.92 Å². The predicted octanol–water partition coefficient (Wildman–Crippen LogP) is 5.54. The Hall–Kier alpha value is -3.05. The Morgan fingerprint density at radius 3 is 2.38 bits per heavy atom. The van der Waals surface area contributed by atoms with Crippen LogP contribution in [-0.2, 0) is 0 Å². The number of hydrogen-bond donors (Lipinski definition) is 0. The molecule has 0 fully saturated rings. The summed E-state index contributed by atoms with van der Waals surface area (Å²) in [5.41, 5.74) is 3.70. The fraction of sp³-hybridized carbons (Fsp3) is 0. The molecule has 0 aliphatic heterocycles. The fourth-order valence-corrected chi connectivity index (χ4v) is 3.68. The molecule has 0 aliphatic carbocycles. The van der Waals surface area contributed by atoms with Crippen molar-refractivity contribution >= 4 is 27.2 Å². The highest BCUT2D eigenvalue weighted by atomic mass is 32.1. The van der Waals surface area contributed by atoms with Crippen molar-refractivity contribution in [1.29, 1.82) is 0 Å². The van der Waals surface area contributed by atoms with Crippen LogP contribution in [0, 0.1) is 10.1 Å². The van der Waals surface area contributed by atoms with E-state index in [-0.39, 0.29) is 10.6 Å². The molecule has 0 aliphatic rings. The molecule has 0 unspecified atom stereocenters. The first kappa shape index (κ1) is 14.5. The molecule has 1 aromatic heterocycles. The monoisotopic (exact) mass is 332 g/mol. The topological polar surface area (TPSA) is 56.0 Å². The van der Waals surface area contributed by atoms with Crippen LogP contribution in [0.1, 0.15) is 0 Å². The fourth-order valence-electron chi connectivity index (χ4n) is 2.68. The average Bonchev–Trinajstić information content (AvgIpc) is 3.06.